The molecule has 0 spiro atoms. The minimum atomic E-state index is 0.0937. The maximum Gasteiger partial charge on any atom is 0.243 e. The maximum atomic E-state index is 5.20. The Morgan fingerprint density at radius 3 is 3.12 bits per heavy atom. The van der Waals surface area contributed by atoms with Gasteiger partial charge < -0.3 is 14.8 Å². The second-order valence-electron chi connectivity index (χ2n) is 3.72. The standard InChI is InChI=1S/C11H16N4O/c1-3-6-12-8(2)11-14-10(15-16-11)9-5-4-7-13-9/h4-5,7-8,12-13H,3,6H2,1-2H3. The summed E-state index contributed by atoms with van der Waals surface area (Å²) in [7, 11) is 0. The van der Waals surface area contributed by atoms with Crippen molar-refractivity contribution in [2.75, 3.05) is 6.54 Å². The zero-order valence-corrected chi connectivity index (χ0v) is 9.53. The van der Waals surface area contributed by atoms with Crippen molar-refractivity contribution in [1.82, 2.24) is 20.4 Å². The Balaban J connectivity index is 2.07. The first-order chi connectivity index (χ1) is 7.81. The van der Waals surface area contributed by atoms with Crippen LogP contribution in [0.4, 0.5) is 0 Å². The van der Waals surface area contributed by atoms with Gasteiger partial charge in [-0.3, -0.25) is 0 Å². The number of hydrogen-bond acceptors (Lipinski definition) is 4. The smallest absolute Gasteiger partial charge is 0.243 e. The molecule has 5 nitrogen and oxygen atoms in total. The number of rotatable bonds is 5. The number of hydrogen-bond donors (Lipinski definition) is 2. The van der Waals surface area contributed by atoms with Gasteiger partial charge in [0.15, 0.2) is 0 Å². The molecule has 0 aliphatic carbocycles. The average molecular weight is 220 g/mol. The van der Waals surface area contributed by atoms with Gasteiger partial charge in [-0.05, 0) is 32.0 Å². The lowest BCUT2D eigenvalue weighted by Crippen LogP contribution is -2.19. The summed E-state index contributed by atoms with van der Waals surface area (Å²) in [6.45, 7) is 5.08. The highest BCUT2D eigenvalue weighted by molar-refractivity contribution is 5.47. The summed E-state index contributed by atoms with van der Waals surface area (Å²) in [5, 5.41) is 7.23. The molecule has 1 unspecified atom stereocenters. The van der Waals surface area contributed by atoms with Crippen LogP contribution >= 0.6 is 0 Å². The average Bonchev–Trinajstić information content (AvgIpc) is 2.94. The quantitative estimate of drug-likeness (QED) is 0.810. The third-order valence-electron chi connectivity index (χ3n) is 2.35. The van der Waals surface area contributed by atoms with Crippen molar-refractivity contribution in [3.63, 3.8) is 0 Å². The fraction of sp³-hybridized carbons (Fsp3) is 0.455. The summed E-state index contributed by atoms with van der Waals surface area (Å²) >= 11 is 0. The lowest BCUT2D eigenvalue weighted by Gasteiger charge is -2.06. The van der Waals surface area contributed by atoms with Crippen LogP contribution in [0.25, 0.3) is 11.5 Å². The molecule has 0 amide bonds. The molecule has 2 heterocycles. The van der Waals surface area contributed by atoms with E-state index in [9.17, 15) is 0 Å². The van der Waals surface area contributed by atoms with Crippen LogP contribution in [0.3, 0.4) is 0 Å². The predicted molar refractivity (Wildman–Crippen MR) is 60.8 cm³/mol. The van der Waals surface area contributed by atoms with Crippen LogP contribution in [-0.4, -0.2) is 21.7 Å². The van der Waals surface area contributed by atoms with Crippen LogP contribution in [0.5, 0.6) is 0 Å². The molecule has 0 aromatic carbocycles. The molecule has 5 heteroatoms. The van der Waals surface area contributed by atoms with Gasteiger partial charge in [0.2, 0.25) is 11.7 Å². The third-order valence-corrected chi connectivity index (χ3v) is 2.35. The molecule has 1 atom stereocenters. The van der Waals surface area contributed by atoms with Crippen LogP contribution in [0.2, 0.25) is 0 Å². The van der Waals surface area contributed by atoms with E-state index in [-0.39, 0.29) is 6.04 Å². The van der Waals surface area contributed by atoms with Gasteiger partial charge in [0, 0.05) is 6.20 Å². The van der Waals surface area contributed by atoms with E-state index < -0.39 is 0 Å². The number of nitrogens with one attached hydrogen (secondary N) is 2. The van der Waals surface area contributed by atoms with Crippen LogP contribution < -0.4 is 5.32 Å². The third kappa shape index (κ3) is 2.30. The lowest BCUT2D eigenvalue weighted by molar-refractivity contribution is 0.340. The molecule has 0 aliphatic rings. The van der Waals surface area contributed by atoms with Crippen molar-refractivity contribution in [2.24, 2.45) is 0 Å². The Labute approximate surface area is 94.3 Å². The molecule has 0 saturated carbocycles. The summed E-state index contributed by atoms with van der Waals surface area (Å²) in [5.74, 6) is 1.23. The highest BCUT2D eigenvalue weighted by Gasteiger charge is 2.14. The second kappa shape index (κ2) is 4.94. The molecular weight excluding hydrogens is 204 g/mol. The fourth-order valence-electron chi connectivity index (χ4n) is 1.44. The highest BCUT2D eigenvalue weighted by atomic mass is 16.5. The van der Waals surface area contributed by atoms with Gasteiger partial charge in [-0.2, -0.15) is 4.98 Å². The first kappa shape index (κ1) is 10.9. The molecule has 0 saturated heterocycles. The van der Waals surface area contributed by atoms with Gasteiger partial charge in [-0.15, -0.1) is 0 Å². The van der Waals surface area contributed by atoms with Crippen molar-refractivity contribution in [3.8, 4) is 11.5 Å². The Kier molecular flexibility index (Phi) is 3.36. The monoisotopic (exact) mass is 220 g/mol. The second-order valence-corrected chi connectivity index (χ2v) is 3.72. The highest BCUT2D eigenvalue weighted by Crippen LogP contribution is 2.16. The van der Waals surface area contributed by atoms with E-state index in [2.05, 4.69) is 27.4 Å². The van der Waals surface area contributed by atoms with E-state index in [1.54, 1.807) is 0 Å². The van der Waals surface area contributed by atoms with E-state index in [1.807, 2.05) is 25.3 Å². The number of H-pyrrole nitrogens is 1. The first-order valence-corrected chi connectivity index (χ1v) is 5.52. The van der Waals surface area contributed by atoms with Crippen LogP contribution in [0.15, 0.2) is 22.9 Å². The number of aromatic amines is 1. The molecule has 0 bridgehead atoms. The number of aromatic nitrogens is 3. The molecule has 0 fully saturated rings. The minimum Gasteiger partial charge on any atom is -0.359 e. The normalized spacial score (nSPS) is 12.9. The Bertz CT molecular complexity index is 421. The molecule has 2 aromatic heterocycles. The summed E-state index contributed by atoms with van der Waals surface area (Å²) in [6.07, 6.45) is 2.92. The van der Waals surface area contributed by atoms with Crippen molar-refractivity contribution in [1.29, 1.82) is 0 Å². The van der Waals surface area contributed by atoms with E-state index >= 15 is 0 Å². The Morgan fingerprint density at radius 2 is 2.44 bits per heavy atom. The van der Waals surface area contributed by atoms with Crippen molar-refractivity contribution in [2.45, 2.75) is 26.3 Å². The van der Waals surface area contributed by atoms with E-state index in [4.69, 9.17) is 4.52 Å². The SMILES string of the molecule is CCCNC(C)c1nc(-c2ccc[nH]2)no1. The van der Waals surface area contributed by atoms with Crippen molar-refractivity contribution < 1.29 is 4.52 Å². The zero-order valence-electron chi connectivity index (χ0n) is 9.53. The van der Waals surface area contributed by atoms with E-state index in [1.165, 1.54) is 0 Å². The molecule has 2 aromatic rings. The van der Waals surface area contributed by atoms with Gasteiger partial charge in [0.1, 0.15) is 0 Å². The van der Waals surface area contributed by atoms with Gasteiger partial charge >= 0.3 is 0 Å². The molecule has 86 valence electrons. The van der Waals surface area contributed by atoms with Gasteiger partial charge in [0.25, 0.3) is 0 Å². The molecule has 2 rings (SSSR count). The summed E-state index contributed by atoms with van der Waals surface area (Å²) in [4.78, 5) is 7.38. The molecule has 2 N–H and O–H groups in total. The summed E-state index contributed by atoms with van der Waals surface area (Å²) in [5.41, 5.74) is 0.873. The Hall–Kier alpha value is -1.62. The lowest BCUT2D eigenvalue weighted by atomic mass is 10.3. The minimum absolute atomic E-state index is 0.0937. The van der Waals surface area contributed by atoms with Gasteiger partial charge in [0.05, 0.1) is 11.7 Å². The first-order valence-electron chi connectivity index (χ1n) is 5.52. The molecule has 16 heavy (non-hydrogen) atoms. The van der Waals surface area contributed by atoms with Crippen molar-refractivity contribution >= 4 is 0 Å². The summed E-state index contributed by atoms with van der Waals surface area (Å²) in [6, 6.07) is 3.92. The van der Waals surface area contributed by atoms with E-state index in [0.717, 1.165) is 18.7 Å². The van der Waals surface area contributed by atoms with E-state index in [0.29, 0.717) is 11.7 Å². The van der Waals surface area contributed by atoms with Gasteiger partial charge in [-0.1, -0.05) is 12.1 Å². The van der Waals surface area contributed by atoms with Gasteiger partial charge in [-0.25, -0.2) is 0 Å². The molecule has 0 aliphatic heterocycles. The fourth-order valence-corrected chi connectivity index (χ4v) is 1.44. The van der Waals surface area contributed by atoms with Crippen LogP contribution in [0.1, 0.15) is 32.2 Å². The topological polar surface area (TPSA) is 66.7 Å². The van der Waals surface area contributed by atoms with Crippen LogP contribution in [0, 0.1) is 0 Å². The maximum absolute atomic E-state index is 5.20. The Morgan fingerprint density at radius 1 is 1.56 bits per heavy atom. The predicted octanol–water partition coefficient (Wildman–Crippen LogP) is 2.13. The molecular formula is C11H16N4O. The zero-order chi connectivity index (χ0) is 11.4. The van der Waals surface area contributed by atoms with Crippen molar-refractivity contribution in [3.05, 3.63) is 24.2 Å². The molecule has 0 radical (unpaired) electrons. The largest absolute Gasteiger partial charge is 0.359 e. The summed E-state index contributed by atoms with van der Waals surface area (Å²) < 4.78 is 5.20. The van der Waals surface area contributed by atoms with Crippen LogP contribution in [-0.2, 0) is 0 Å². The number of nitrogens with zero attached hydrogens (tertiary/aromatic N) is 2.